The molecule has 0 saturated carbocycles. The van der Waals surface area contributed by atoms with Gasteiger partial charge in [-0.2, -0.15) is 9.40 Å². The van der Waals surface area contributed by atoms with Gasteiger partial charge >= 0.3 is 0 Å². The average molecular weight is 433 g/mol. The Morgan fingerprint density at radius 3 is 1.70 bits per heavy atom. The molecule has 1 aliphatic heterocycles. The lowest BCUT2D eigenvalue weighted by Gasteiger charge is -2.35. The summed E-state index contributed by atoms with van der Waals surface area (Å²) in [6, 6.07) is 0. The highest BCUT2D eigenvalue weighted by atomic mass is 32.2. The lowest BCUT2D eigenvalue weighted by atomic mass is 9.95. The predicted molar refractivity (Wildman–Crippen MR) is 117 cm³/mol. The Labute approximate surface area is 179 Å². The van der Waals surface area contributed by atoms with Gasteiger partial charge in [0.25, 0.3) is 5.91 Å². The predicted octanol–water partition coefficient (Wildman–Crippen LogP) is 2.73. The average Bonchev–Trinajstić information content (AvgIpc) is 2.96. The van der Waals surface area contributed by atoms with E-state index in [9.17, 15) is 13.2 Å². The van der Waals surface area contributed by atoms with Crippen LogP contribution in [0.3, 0.4) is 0 Å². The van der Waals surface area contributed by atoms with E-state index in [0.29, 0.717) is 29.2 Å². The second kappa shape index (κ2) is 7.81. The lowest BCUT2D eigenvalue weighted by Crippen LogP contribution is -2.50. The number of piperazine rings is 1. The van der Waals surface area contributed by atoms with Crippen LogP contribution in [-0.2, 0) is 17.1 Å². The van der Waals surface area contributed by atoms with Crippen molar-refractivity contribution in [1.29, 1.82) is 0 Å². The van der Waals surface area contributed by atoms with E-state index in [0.717, 1.165) is 33.5 Å². The summed E-state index contributed by atoms with van der Waals surface area (Å²) in [4.78, 5) is 15.2. The third-order valence-electron chi connectivity index (χ3n) is 6.78. The van der Waals surface area contributed by atoms with Crippen molar-refractivity contribution in [3.05, 3.63) is 44.8 Å². The molecule has 1 saturated heterocycles. The monoisotopic (exact) mass is 432 g/mol. The summed E-state index contributed by atoms with van der Waals surface area (Å²) >= 11 is 0. The number of carbonyl (C=O) groups excluding carboxylic acids is 1. The van der Waals surface area contributed by atoms with Gasteiger partial charge in [-0.1, -0.05) is 0 Å². The molecule has 7 nitrogen and oxygen atoms in total. The second-order valence-electron chi connectivity index (χ2n) is 8.32. The fraction of sp³-hybridized carbons (Fsp3) is 0.545. The zero-order valence-corrected chi connectivity index (χ0v) is 20.1. The molecular weight excluding hydrogens is 400 g/mol. The number of nitrogens with zero attached hydrogens (tertiary/aromatic N) is 4. The highest BCUT2D eigenvalue weighted by Gasteiger charge is 2.34. The summed E-state index contributed by atoms with van der Waals surface area (Å²) in [6.45, 7) is 14.8. The number of aryl methyl sites for hydroxylation is 2. The van der Waals surface area contributed by atoms with Gasteiger partial charge in [0, 0.05) is 38.9 Å². The number of aromatic nitrogens is 2. The van der Waals surface area contributed by atoms with Gasteiger partial charge in [0.1, 0.15) is 0 Å². The topological polar surface area (TPSA) is 75.5 Å². The number of benzene rings is 1. The van der Waals surface area contributed by atoms with Crippen molar-refractivity contribution in [1.82, 2.24) is 19.0 Å². The molecule has 0 atom stereocenters. The van der Waals surface area contributed by atoms with Crippen molar-refractivity contribution in [2.45, 2.75) is 53.4 Å². The molecule has 8 heteroatoms. The van der Waals surface area contributed by atoms with Crippen molar-refractivity contribution in [3.63, 3.8) is 0 Å². The smallest absolute Gasteiger partial charge is 0.257 e. The van der Waals surface area contributed by atoms with Crippen LogP contribution < -0.4 is 0 Å². The first kappa shape index (κ1) is 22.5. The van der Waals surface area contributed by atoms with E-state index in [-0.39, 0.29) is 19.0 Å². The summed E-state index contributed by atoms with van der Waals surface area (Å²) in [5, 5.41) is 4.33. The maximum absolute atomic E-state index is 13.5. The molecule has 0 unspecified atom stereocenters. The zero-order chi connectivity index (χ0) is 22.5. The summed E-state index contributed by atoms with van der Waals surface area (Å²) < 4.78 is 30.2. The van der Waals surface area contributed by atoms with Crippen LogP contribution in [0.5, 0.6) is 0 Å². The van der Waals surface area contributed by atoms with E-state index < -0.39 is 10.0 Å². The molecule has 1 fully saturated rings. The van der Waals surface area contributed by atoms with Crippen molar-refractivity contribution in [3.8, 4) is 0 Å². The van der Waals surface area contributed by atoms with Crippen LogP contribution in [0.4, 0.5) is 0 Å². The zero-order valence-electron chi connectivity index (χ0n) is 19.3. The van der Waals surface area contributed by atoms with Crippen LogP contribution in [0.15, 0.2) is 4.90 Å². The number of sulfonamides is 1. The molecule has 2 heterocycles. The van der Waals surface area contributed by atoms with Crippen molar-refractivity contribution >= 4 is 15.9 Å². The van der Waals surface area contributed by atoms with Gasteiger partial charge in [-0.3, -0.25) is 9.48 Å². The molecule has 0 aliphatic carbocycles. The van der Waals surface area contributed by atoms with E-state index in [1.54, 1.807) is 9.58 Å². The van der Waals surface area contributed by atoms with Crippen molar-refractivity contribution < 1.29 is 13.2 Å². The Morgan fingerprint density at radius 1 is 0.800 bits per heavy atom. The fourth-order valence-electron chi connectivity index (χ4n) is 4.35. The lowest BCUT2D eigenvalue weighted by molar-refractivity contribution is 0.0696. The highest BCUT2D eigenvalue weighted by molar-refractivity contribution is 7.89. The quantitative estimate of drug-likeness (QED) is 0.747. The normalized spacial score (nSPS) is 15.7. The summed E-state index contributed by atoms with van der Waals surface area (Å²) in [6.07, 6.45) is 0. The van der Waals surface area contributed by atoms with Crippen LogP contribution in [0.2, 0.25) is 0 Å². The number of amides is 1. The van der Waals surface area contributed by atoms with Crippen molar-refractivity contribution in [2.24, 2.45) is 7.05 Å². The molecule has 3 rings (SSSR count). The second-order valence-corrected chi connectivity index (χ2v) is 10.2. The van der Waals surface area contributed by atoms with E-state index in [1.807, 2.05) is 55.5 Å². The first-order chi connectivity index (χ1) is 13.9. The number of rotatable bonds is 3. The van der Waals surface area contributed by atoms with E-state index >= 15 is 0 Å². The van der Waals surface area contributed by atoms with Crippen LogP contribution in [-0.4, -0.2) is 59.5 Å². The summed E-state index contributed by atoms with van der Waals surface area (Å²) in [7, 11) is -1.81. The molecule has 0 N–H and O–H groups in total. The molecule has 1 amide bonds. The Balaban J connectivity index is 1.86. The molecule has 1 aliphatic rings. The molecule has 30 heavy (non-hydrogen) atoms. The number of hydrogen-bond donors (Lipinski definition) is 0. The Bertz CT molecular complexity index is 1090. The molecule has 2 aromatic rings. The molecular formula is C22H32N4O3S. The van der Waals surface area contributed by atoms with Gasteiger partial charge in [-0.15, -0.1) is 0 Å². The first-order valence-corrected chi connectivity index (χ1v) is 11.7. The van der Waals surface area contributed by atoms with E-state index in [2.05, 4.69) is 5.10 Å². The van der Waals surface area contributed by atoms with Gasteiger partial charge in [0.15, 0.2) is 0 Å². The molecule has 1 aromatic carbocycles. The van der Waals surface area contributed by atoms with Crippen molar-refractivity contribution in [2.75, 3.05) is 26.2 Å². The van der Waals surface area contributed by atoms with Gasteiger partial charge in [-0.25, -0.2) is 8.42 Å². The van der Waals surface area contributed by atoms with Crippen LogP contribution in [0.25, 0.3) is 0 Å². The Morgan fingerprint density at radius 2 is 1.27 bits per heavy atom. The molecule has 0 spiro atoms. The maximum Gasteiger partial charge on any atom is 0.257 e. The fourth-order valence-corrected chi connectivity index (χ4v) is 6.34. The number of hydrogen-bond acceptors (Lipinski definition) is 4. The molecule has 0 bridgehead atoms. The van der Waals surface area contributed by atoms with E-state index in [1.165, 1.54) is 4.31 Å². The minimum atomic E-state index is -3.63. The van der Waals surface area contributed by atoms with Gasteiger partial charge in [0.05, 0.1) is 16.2 Å². The third-order valence-corrected chi connectivity index (χ3v) is 8.95. The SMILES string of the molecule is Cc1nn(C)c(C)c1C(=O)N1CCN(S(=O)(=O)c2c(C)c(C)c(C)c(C)c2C)CC1. The summed E-state index contributed by atoms with van der Waals surface area (Å²) in [5.74, 6) is -0.0791. The highest BCUT2D eigenvalue weighted by Crippen LogP contribution is 2.32. The maximum atomic E-state index is 13.5. The largest absolute Gasteiger partial charge is 0.336 e. The molecule has 164 valence electrons. The number of carbonyl (C=O) groups is 1. The minimum Gasteiger partial charge on any atom is -0.336 e. The van der Waals surface area contributed by atoms with E-state index in [4.69, 9.17) is 0 Å². The first-order valence-electron chi connectivity index (χ1n) is 10.3. The van der Waals surface area contributed by atoms with Gasteiger partial charge in [-0.05, 0) is 76.3 Å². The molecule has 0 radical (unpaired) electrons. The van der Waals surface area contributed by atoms with Crippen LogP contribution >= 0.6 is 0 Å². The van der Waals surface area contributed by atoms with Gasteiger partial charge in [0.2, 0.25) is 10.0 Å². The molecule has 1 aromatic heterocycles. The standard InChI is InChI=1S/C22H32N4O3S/c1-13-14(2)16(4)21(17(5)15(13)3)30(28,29)26-11-9-25(10-12-26)22(27)20-18(6)23-24(8)19(20)7/h9-12H2,1-8H3. The summed E-state index contributed by atoms with van der Waals surface area (Å²) in [5.41, 5.74) is 6.95. The minimum absolute atomic E-state index is 0.0791. The van der Waals surface area contributed by atoms with Crippen LogP contribution in [0.1, 0.15) is 49.6 Å². The van der Waals surface area contributed by atoms with Gasteiger partial charge < -0.3 is 4.90 Å². The third kappa shape index (κ3) is 3.46. The van der Waals surface area contributed by atoms with Crippen LogP contribution in [0, 0.1) is 48.5 Å². The Kier molecular flexibility index (Phi) is 5.86. The Hall–Kier alpha value is -2.19.